The van der Waals surface area contributed by atoms with Gasteiger partial charge < -0.3 is 19.5 Å². The van der Waals surface area contributed by atoms with Gasteiger partial charge in [-0.1, -0.05) is 0 Å². The van der Waals surface area contributed by atoms with Crippen molar-refractivity contribution in [2.75, 3.05) is 27.4 Å². The van der Waals surface area contributed by atoms with Crippen molar-refractivity contribution < 1.29 is 19.0 Å². The lowest BCUT2D eigenvalue weighted by Gasteiger charge is -2.35. The Bertz CT molecular complexity index is 210. The summed E-state index contributed by atoms with van der Waals surface area (Å²) in [6.07, 6.45) is 0.713. The molecule has 0 aromatic heterocycles. The summed E-state index contributed by atoms with van der Waals surface area (Å²) in [6, 6.07) is 0.0422. The molecule has 0 radical (unpaired) electrons. The summed E-state index contributed by atoms with van der Waals surface area (Å²) in [5.74, 6) is -0.0383. The van der Waals surface area contributed by atoms with Gasteiger partial charge in [-0.05, 0) is 6.42 Å². The Morgan fingerprint density at radius 1 is 1.53 bits per heavy atom. The number of ether oxygens (including phenoxy) is 3. The number of carbonyl (C=O) groups is 1. The van der Waals surface area contributed by atoms with Gasteiger partial charge in [0.25, 0.3) is 0 Å². The molecule has 88 valence electrons. The number of methoxy groups -OCH3 is 2. The molecule has 3 unspecified atom stereocenters. The van der Waals surface area contributed by atoms with E-state index >= 15 is 0 Å². The van der Waals surface area contributed by atoms with Crippen LogP contribution in [-0.2, 0) is 19.0 Å². The molecule has 1 rings (SSSR count). The zero-order valence-electron chi connectivity index (χ0n) is 9.49. The smallest absolute Gasteiger partial charge is 0.217 e. The quantitative estimate of drug-likeness (QED) is 0.717. The Balaban J connectivity index is 2.43. The molecule has 1 aliphatic heterocycles. The molecule has 0 saturated carbocycles. The van der Waals surface area contributed by atoms with Gasteiger partial charge in [-0.2, -0.15) is 0 Å². The molecule has 1 aliphatic rings. The monoisotopic (exact) mass is 217 g/mol. The van der Waals surface area contributed by atoms with E-state index in [1.54, 1.807) is 14.2 Å². The predicted molar refractivity (Wildman–Crippen MR) is 54.6 cm³/mol. The van der Waals surface area contributed by atoms with Gasteiger partial charge in [0.1, 0.15) is 6.10 Å². The van der Waals surface area contributed by atoms with Crippen molar-refractivity contribution in [3.63, 3.8) is 0 Å². The van der Waals surface area contributed by atoms with Crippen LogP contribution in [-0.4, -0.2) is 51.6 Å². The SMILES string of the molecule is COCC1OCC(NC(C)=O)CC1OC. The van der Waals surface area contributed by atoms with E-state index in [2.05, 4.69) is 5.32 Å². The van der Waals surface area contributed by atoms with Gasteiger partial charge in [0.15, 0.2) is 0 Å². The minimum atomic E-state index is -0.0383. The van der Waals surface area contributed by atoms with Crippen LogP contribution in [0.2, 0.25) is 0 Å². The van der Waals surface area contributed by atoms with E-state index < -0.39 is 0 Å². The highest BCUT2D eigenvalue weighted by Crippen LogP contribution is 2.17. The lowest BCUT2D eigenvalue weighted by molar-refractivity contribution is -0.134. The zero-order valence-corrected chi connectivity index (χ0v) is 9.49. The Labute approximate surface area is 90.1 Å². The summed E-state index contributed by atoms with van der Waals surface area (Å²) in [5, 5.41) is 2.82. The number of hydrogen-bond donors (Lipinski definition) is 1. The van der Waals surface area contributed by atoms with Crippen molar-refractivity contribution in [2.24, 2.45) is 0 Å². The van der Waals surface area contributed by atoms with E-state index in [9.17, 15) is 4.79 Å². The molecule has 1 saturated heterocycles. The minimum absolute atomic E-state index is 0.0180. The lowest BCUT2D eigenvalue weighted by Crippen LogP contribution is -2.50. The van der Waals surface area contributed by atoms with Crippen LogP contribution < -0.4 is 5.32 Å². The second kappa shape index (κ2) is 6.05. The normalized spacial score (nSPS) is 31.3. The first-order chi connectivity index (χ1) is 7.17. The van der Waals surface area contributed by atoms with Crippen LogP contribution in [0, 0.1) is 0 Å². The highest BCUT2D eigenvalue weighted by Gasteiger charge is 2.31. The Kier molecular flexibility index (Phi) is 5.01. The maximum atomic E-state index is 10.9. The fourth-order valence-corrected chi connectivity index (χ4v) is 1.80. The van der Waals surface area contributed by atoms with Gasteiger partial charge in [0, 0.05) is 21.1 Å². The van der Waals surface area contributed by atoms with Gasteiger partial charge in [-0.3, -0.25) is 4.79 Å². The number of amides is 1. The first-order valence-corrected chi connectivity index (χ1v) is 5.07. The molecule has 0 spiro atoms. The van der Waals surface area contributed by atoms with Crippen molar-refractivity contribution in [3.05, 3.63) is 0 Å². The van der Waals surface area contributed by atoms with Crippen LogP contribution in [0.3, 0.4) is 0 Å². The van der Waals surface area contributed by atoms with Crippen LogP contribution in [0.25, 0.3) is 0 Å². The van der Waals surface area contributed by atoms with Crippen LogP contribution in [0.1, 0.15) is 13.3 Å². The van der Waals surface area contributed by atoms with Gasteiger partial charge in [-0.15, -0.1) is 0 Å². The standard InChI is InChI=1S/C10H19NO4/c1-7(12)11-8-4-9(14-3)10(6-13-2)15-5-8/h8-10H,4-6H2,1-3H3,(H,11,12). The van der Waals surface area contributed by atoms with E-state index in [1.807, 2.05) is 0 Å². The van der Waals surface area contributed by atoms with Crippen LogP contribution in [0.15, 0.2) is 0 Å². The van der Waals surface area contributed by atoms with Crippen molar-refractivity contribution in [3.8, 4) is 0 Å². The van der Waals surface area contributed by atoms with Gasteiger partial charge in [-0.25, -0.2) is 0 Å². The summed E-state index contributed by atoms with van der Waals surface area (Å²) in [6.45, 7) is 2.54. The Morgan fingerprint density at radius 2 is 2.27 bits per heavy atom. The molecule has 1 heterocycles. The molecule has 5 nitrogen and oxygen atoms in total. The first kappa shape index (κ1) is 12.4. The van der Waals surface area contributed by atoms with Crippen molar-refractivity contribution >= 4 is 5.91 Å². The van der Waals surface area contributed by atoms with Crippen LogP contribution in [0.5, 0.6) is 0 Å². The van der Waals surface area contributed by atoms with Crippen LogP contribution in [0.4, 0.5) is 0 Å². The van der Waals surface area contributed by atoms with E-state index in [4.69, 9.17) is 14.2 Å². The molecule has 3 atom stereocenters. The summed E-state index contributed by atoms with van der Waals surface area (Å²) in [4.78, 5) is 10.9. The average molecular weight is 217 g/mol. The number of carbonyl (C=O) groups excluding carboxylic acids is 1. The molecule has 0 bridgehead atoms. The number of hydrogen-bond acceptors (Lipinski definition) is 4. The minimum Gasteiger partial charge on any atom is -0.382 e. The molecule has 0 aromatic carbocycles. The molecule has 1 fully saturated rings. The molecule has 1 amide bonds. The van der Waals surface area contributed by atoms with E-state index in [0.29, 0.717) is 13.2 Å². The molecule has 0 aliphatic carbocycles. The molecular weight excluding hydrogens is 198 g/mol. The Hall–Kier alpha value is -0.650. The predicted octanol–water partition coefficient (Wildman–Crippen LogP) is -0.0586. The second-order valence-corrected chi connectivity index (χ2v) is 3.73. The number of nitrogens with one attached hydrogen (secondary N) is 1. The summed E-state index contributed by atoms with van der Waals surface area (Å²) in [7, 11) is 3.28. The topological polar surface area (TPSA) is 56.8 Å². The average Bonchev–Trinajstić information content (AvgIpc) is 2.20. The third-order valence-corrected chi connectivity index (χ3v) is 2.48. The highest BCUT2D eigenvalue weighted by atomic mass is 16.6. The summed E-state index contributed by atoms with van der Waals surface area (Å²) < 4.78 is 15.9. The first-order valence-electron chi connectivity index (χ1n) is 5.07. The van der Waals surface area contributed by atoms with Crippen molar-refractivity contribution in [1.29, 1.82) is 0 Å². The van der Waals surface area contributed by atoms with E-state index in [-0.39, 0.29) is 24.2 Å². The molecule has 15 heavy (non-hydrogen) atoms. The van der Waals surface area contributed by atoms with E-state index in [1.165, 1.54) is 6.92 Å². The maximum absolute atomic E-state index is 10.9. The summed E-state index contributed by atoms with van der Waals surface area (Å²) in [5.41, 5.74) is 0. The third kappa shape index (κ3) is 3.77. The zero-order chi connectivity index (χ0) is 11.3. The fraction of sp³-hybridized carbons (Fsp3) is 0.900. The summed E-state index contributed by atoms with van der Waals surface area (Å²) >= 11 is 0. The molecule has 1 N–H and O–H groups in total. The maximum Gasteiger partial charge on any atom is 0.217 e. The highest BCUT2D eigenvalue weighted by molar-refractivity contribution is 5.73. The van der Waals surface area contributed by atoms with Crippen LogP contribution >= 0.6 is 0 Å². The molecule has 0 aromatic rings. The fourth-order valence-electron chi connectivity index (χ4n) is 1.80. The molecule has 5 heteroatoms. The van der Waals surface area contributed by atoms with Gasteiger partial charge in [0.05, 0.1) is 25.4 Å². The van der Waals surface area contributed by atoms with Crippen molar-refractivity contribution in [1.82, 2.24) is 5.32 Å². The third-order valence-electron chi connectivity index (χ3n) is 2.48. The largest absolute Gasteiger partial charge is 0.382 e. The second-order valence-electron chi connectivity index (χ2n) is 3.73. The van der Waals surface area contributed by atoms with E-state index in [0.717, 1.165) is 6.42 Å². The van der Waals surface area contributed by atoms with Gasteiger partial charge in [0.2, 0.25) is 5.91 Å². The number of rotatable bonds is 4. The van der Waals surface area contributed by atoms with Crippen molar-refractivity contribution in [2.45, 2.75) is 31.6 Å². The molecular formula is C10H19NO4. The van der Waals surface area contributed by atoms with Gasteiger partial charge >= 0.3 is 0 Å². The lowest BCUT2D eigenvalue weighted by atomic mass is 10.0. The Morgan fingerprint density at radius 3 is 2.80 bits per heavy atom.